The molecule has 0 amide bonds. The highest BCUT2D eigenvalue weighted by molar-refractivity contribution is 5.96. The van der Waals surface area contributed by atoms with Crippen LogP contribution in [0.3, 0.4) is 0 Å². The molecular weight excluding hydrogens is 389 g/mol. The first-order chi connectivity index (χ1) is 15.1. The van der Waals surface area contributed by atoms with Gasteiger partial charge in [0.15, 0.2) is 5.78 Å². The lowest BCUT2D eigenvalue weighted by Gasteiger charge is -2.20. The molecule has 2 N–H and O–H groups in total. The summed E-state index contributed by atoms with van der Waals surface area (Å²) in [5.74, 6) is -0.0915. The van der Waals surface area contributed by atoms with Crippen molar-refractivity contribution in [3.63, 3.8) is 0 Å². The Hall–Kier alpha value is -3.73. The molecule has 0 aliphatic carbocycles. The highest BCUT2D eigenvalue weighted by atomic mass is 19.1. The third-order valence-corrected chi connectivity index (χ3v) is 5.25. The van der Waals surface area contributed by atoms with Gasteiger partial charge in [-0.05, 0) is 65.6 Å². The number of nitrogens with zero attached hydrogens (tertiary/aromatic N) is 1. The summed E-state index contributed by atoms with van der Waals surface area (Å²) in [6.45, 7) is 2.00. The zero-order valence-corrected chi connectivity index (χ0v) is 17.3. The van der Waals surface area contributed by atoms with Crippen molar-refractivity contribution in [1.29, 1.82) is 0 Å². The maximum atomic E-state index is 13.3. The minimum Gasteiger partial charge on any atom is -0.374 e. The lowest BCUT2D eigenvalue weighted by Crippen LogP contribution is -2.12. The molecule has 0 aliphatic rings. The van der Waals surface area contributed by atoms with E-state index >= 15 is 0 Å². The quantitative estimate of drug-likeness (QED) is 0.329. The molecule has 31 heavy (non-hydrogen) atoms. The van der Waals surface area contributed by atoms with Crippen molar-refractivity contribution in [3.05, 3.63) is 108 Å². The molecule has 3 aromatic carbocycles. The maximum Gasteiger partial charge on any atom is 0.162 e. The predicted octanol–water partition coefficient (Wildman–Crippen LogP) is 6.40. The van der Waals surface area contributed by atoms with Gasteiger partial charge in [0.2, 0.25) is 0 Å². The Balaban J connectivity index is 1.63. The molecule has 4 nitrogen and oxygen atoms in total. The van der Waals surface area contributed by atoms with Gasteiger partial charge in [-0.1, -0.05) is 37.3 Å². The fourth-order valence-corrected chi connectivity index (χ4v) is 3.61. The van der Waals surface area contributed by atoms with Crippen LogP contribution in [0.1, 0.15) is 47.3 Å². The van der Waals surface area contributed by atoms with E-state index in [4.69, 9.17) is 0 Å². The summed E-state index contributed by atoms with van der Waals surface area (Å²) in [6.07, 6.45) is 5.05. The van der Waals surface area contributed by atoms with E-state index in [1.54, 1.807) is 18.3 Å². The molecule has 1 heterocycles. The van der Waals surface area contributed by atoms with Gasteiger partial charge in [0, 0.05) is 29.4 Å². The van der Waals surface area contributed by atoms with Crippen LogP contribution in [0.15, 0.2) is 85.2 Å². The van der Waals surface area contributed by atoms with Crippen LogP contribution >= 0.6 is 0 Å². The summed E-state index contributed by atoms with van der Waals surface area (Å²) in [7, 11) is 0. The first kappa shape index (κ1) is 20.5. The monoisotopic (exact) mass is 413 g/mol. The molecule has 1 unspecified atom stereocenters. The number of halogens is 1. The van der Waals surface area contributed by atoms with E-state index in [1.165, 1.54) is 12.1 Å². The summed E-state index contributed by atoms with van der Waals surface area (Å²) in [4.78, 5) is 12.1. The lowest BCUT2D eigenvalue weighted by molar-refractivity contribution is 0.0982. The van der Waals surface area contributed by atoms with Gasteiger partial charge in [-0.3, -0.25) is 9.89 Å². The number of carbonyl (C=O) groups excluding carboxylic acids is 1. The van der Waals surface area contributed by atoms with Crippen LogP contribution in [0.2, 0.25) is 0 Å². The van der Waals surface area contributed by atoms with Crippen molar-refractivity contribution in [1.82, 2.24) is 10.2 Å². The lowest BCUT2D eigenvalue weighted by atomic mass is 9.96. The van der Waals surface area contributed by atoms with E-state index in [0.717, 1.165) is 39.9 Å². The number of rotatable bonds is 8. The van der Waals surface area contributed by atoms with Crippen LogP contribution in [0.25, 0.3) is 11.1 Å². The Labute approximate surface area is 181 Å². The largest absolute Gasteiger partial charge is 0.374 e. The standard InChI is InChI=1S/C26H24FN3O/c1-2-4-25(31)19-9-13-24(14-10-19)30-26(22-16-28-29-17-22)21-6-3-5-20(15-21)18-7-11-23(27)12-8-18/h3,5-17,26,30H,2,4H2,1H3,(H,28,29). The zero-order valence-electron chi connectivity index (χ0n) is 17.3. The molecule has 0 bridgehead atoms. The Kier molecular flexibility index (Phi) is 6.22. The highest BCUT2D eigenvalue weighted by Crippen LogP contribution is 2.30. The van der Waals surface area contributed by atoms with Gasteiger partial charge in [-0.15, -0.1) is 0 Å². The van der Waals surface area contributed by atoms with E-state index in [0.29, 0.717) is 6.42 Å². The van der Waals surface area contributed by atoms with E-state index in [-0.39, 0.29) is 17.6 Å². The van der Waals surface area contributed by atoms with Crippen molar-refractivity contribution in [2.75, 3.05) is 5.32 Å². The Morgan fingerprint density at radius 3 is 2.45 bits per heavy atom. The molecule has 0 spiro atoms. The fraction of sp³-hybridized carbons (Fsp3) is 0.154. The summed E-state index contributed by atoms with van der Waals surface area (Å²) in [5.41, 5.74) is 5.63. The van der Waals surface area contributed by atoms with E-state index in [9.17, 15) is 9.18 Å². The van der Waals surface area contributed by atoms with E-state index in [1.807, 2.05) is 49.5 Å². The number of hydrogen-bond donors (Lipinski definition) is 2. The smallest absolute Gasteiger partial charge is 0.162 e. The molecule has 1 atom stereocenters. The maximum absolute atomic E-state index is 13.3. The minimum absolute atomic E-state index is 0.142. The van der Waals surface area contributed by atoms with Crippen LogP contribution in [-0.4, -0.2) is 16.0 Å². The number of carbonyl (C=O) groups is 1. The third kappa shape index (κ3) is 4.89. The number of ketones is 1. The molecular formula is C26H24FN3O. The number of anilines is 1. The topological polar surface area (TPSA) is 57.8 Å². The summed E-state index contributed by atoms with van der Waals surface area (Å²) >= 11 is 0. The van der Waals surface area contributed by atoms with Crippen molar-refractivity contribution in [2.45, 2.75) is 25.8 Å². The second kappa shape index (κ2) is 9.39. The molecule has 5 heteroatoms. The van der Waals surface area contributed by atoms with Crippen LogP contribution in [0, 0.1) is 5.82 Å². The van der Waals surface area contributed by atoms with Crippen molar-refractivity contribution in [2.24, 2.45) is 0 Å². The van der Waals surface area contributed by atoms with Crippen LogP contribution in [0.4, 0.5) is 10.1 Å². The molecule has 0 saturated carbocycles. The minimum atomic E-state index is -0.251. The number of Topliss-reactive ketones (excluding diaryl/α,β-unsaturated/α-hetero) is 1. The summed E-state index contributed by atoms with van der Waals surface area (Å²) < 4.78 is 13.3. The van der Waals surface area contributed by atoms with E-state index < -0.39 is 0 Å². The SMILES string of the molecule is CCCC(=O)c1ccc(NC(c2cn[nH]c2)c2cccc(-c3ccc(F)cc3)c2)cc1. The number of benzene rings is 3. The number of hydrogen-bond acceptors (Lipinski definition) is 3. The van der Waals surface area contributed by atoms with Gasteiger partial charge in [0.1, 0.15) is 5.82 Å². The number of H-pyrrole nitrogens is 1. The zero-order chi connectivity index (χ0) is 21.6. The van der Waals surface area contributed by atoms with Crippen LogP contribution in [-0.2, 0) is 0 Å². The molecule has 4 rings (SSSR count). The van der Waals surface area contributed by atoms with Crippen molar-refractivity contribution < 1.29 is 9.18 Å². The Morgan fingerprint density at radius 2 is 1.77 bits per heavy atom. The fourth-order valence-electron chi connectivity index (χ4n) is 3.61. The molecule has 0 aliphatic heterocycles. The average molecular weight is 413 g/mol. The molecule has 0 radical (unpaired) electrons. The van der Waals surface area contributed by atoms with E-state index in [2.05, 4.69) is 27.6 Å². The predicted molar refractivity (Wildman–Crippen MR) is 122 cm³/mol. The molecule has 1 aromatic heterocycles. The Bertz CT molecular complexity index is 1140. The van der Waals surface area contributed by atoms with Gasteiger partial charge in [0.05, 0.1) is 12.2 Å². The normalized spacial score (nSPS) is 11.8. The summed E-state index contributed by atoms with van der Waals surface area (Å²) in [6, 6.07) is 22.1. The molecule has 0 saturated heterocycles. The first-order valence-corrected chi connectivity index (χ1v) is 10.4. The van der Waals surface area contributed by atoms with Gasteiger partial charge >= 0.3 is 0 Å². The number of aromatic nitrogens is 2. The average Bonchev–Trinajstić information content (AvgIpc) is 3.33. The van der Waals surface area contributed by atoms with Crippen LogP contribution < -0.4 is 5.32 Å². The number of nitrogens with one attached hydrogen (secondary N) is 2. The molecule has 0 fully saturated rings. The highest BCUT2D eigenvalue weighted by Gasteiger charge is 2.16. The van der Waals surface area contributed by atoms with Gasteiger partial charge in [-0.25, -0.2) is 4.39 Å². The van der Waals surface area contributed by atoms with Crippen LogP contribution in [0.5, 0.6) is 0 Å². The van der Waals surface area contributed by atoms with Gasteiger partial charge < -0.3 is 5.32 Å². The van der Waals surface area contributed by atoms with Crippen molar-refractivity contribution >= 4 is 11.5 Å². The van der Waals surface area contributed by atoms with Gasteiger partial charge in [0.25, 0.3) is 0 Å². The molecule has 156 valence electrons. The second-order valence-electron chi connectivity index (χ2n) is 7.49. The Morgan fingerprint density at radius 1 is 1.00 bits per heavy atom. The first-order valence-electron chi connectivity index (χ1n) is 10.4. The summed E-state index contributed by atoms with van der Waals surface area (Å²) in [5, 5.41) is 10.5. The second-order valence-corrected chi connectivity index (χ2v) is 7.49. The van der Waals surface area contributed by atoms with Crippen molar-refractivity contribution in [3.8, 4) is 11.1 Å². The van der Waals surface area contributed by atoms with Gasteiger partial charge in [-0.2, -0.15) is 5.10 Å². The third-order valence-electron chi connectivity index (χ3n) is 5.25. The number of aromatic amines is 1. The molecule has 4 aromatic rings.